The molecule has 0 aliphatic carbocycles. The summed E-state index contributed by atoms with van der Waals surface area (Å²) in [5.74, 6) is -0.773. The number of esters is 1. The highest BCUT2D eigenvalue weighted by molar-refractivity contribution is 8.02. The van der Waals surface area contributed by atoms with Gasteiger partial charge in [-0.05, 0) is 24.3 Å². The first kappa shape index (κ1) is 15.3. The zero-order valence-corrected chi connectivity index (χ0v) is 10.9. The van der Waals surface area contributed by atoms with E-state index in [2.05, 4.69) is 11.3 Å². The Morgan fingerprint density at radius 2 is 1.74 bits per heavy atom. The molecule has 0 aliphatic heterocycles. The summed E-state index contributed by atoms with van der Waals surface area (Å²) in [4.78, 5) is 10.7. The Bertz CT molecular complexity index is 693. The van der Waals surface area contributed by atoms with Gasteiger partial charge in [0, 0.05) is 0 Å². The van der Waals surface area contributed by atoms with Crippen LogP contribution in [0.15, 0.2) is 42.0 Å². The van der Waals surface area contributed by atoms with E-state index >= 15 is 0 Å². The van der Waals surface area contributed by atoms with E-state index in [4.69, 9.17) is 0 Å². The van der Waals surface area contributed by atoms with Gasteiger partial charge in [0.2, 0.25) is 0 Å². The van der Waals surface area contributed by atoms with Gasteiger partial charge >= 0.3 is 16.4 Å². The smallest absolute Gasteiger partial charge is 0.385 e. The van der Waals surface area contributed by atoms with Crippen LogP contribution in [0.1, 0.15) is 10.4 Å². The van der Waals surface area contributed by atoms with E-state index in [1.54, 1.807) is 0 Å². The van der Waals surface area contributed by atoms with E-state index in [0.717, 1.165) is 34.7 Å². The third-order valence-electron chi connectivity index (χ3n) is 1.80. The van der Waals surface area contributed by atoms with Gasteiger partial charge < -0.3 is 4.74 Å². The van der Waals surface area contributed by atoms with Crippen LogP contribution in [0.2, 0.25) is 0 Å². The summed E-state index contributed by atoms with van der Waals surface area (Å²) in [5.41, 5.74) is 0.0157. The van der Waals surface area contributed by atoms with Crippen LogP contribution < -0.4 is 4.13 Å². The minimum absolute atomic E-state index is 0.0157. The van der Waals surface area contributed by atoms with Crippen LogP contribution in [-0.4, -0.2) is 22.8 Å². The zero-order valence-electron chi connectivity index (χ0n) is 9.24. The van der Waals surface area contributed by atoms with Gasteiger partial charge in [-0.1, -0.05) is 14.6 Å². The molecule has 1 N–H and O–H groups in total. The number of hydrogen-bond donors (Lipinski definition) is 1. The molecule has 0 aromatic heterocycles. The van der Waals surface area contributed by atoms with Gasteiger partial charge in [0.05, 0.1) is 16.7 Å². The van der Waals surface area contributed by atoms with Gasteiger partial charge in [-0.25, -0.2) is 13.2 Å². The number of nitrogens with one attached hydrogen (secondary N) is 1. The second kappa shape index (κ2) is 5.47. The summed E-state index contributed by atoms with van der Waals surface area (Å²) in [7, 11) is -9.97. The largest absolute Gasteiger partial charge is 0.432 e. The lowest BCUT2D eigenvalue weighted by molar-refractivity contribution is 0.0664. The predicted octanol–water partition coefficient (Wildman–Crippen LogP) is 0.480. The number of benzene rings is 1. The van der Waals surface area contributed by atoms with Gasteiger partial charge in [-0.2, -0.15) is 8.42 Å². The van der Waals surface area contributed by atoms with E-state index in [1.165, 1.54) is 0 Å². The minimum Gasteiger partial charge on any atom is -0.432 e. The fraction of sp³-hybridized carbons (Fsp3) is 0. The first-order chi connectivity index (χ1) is 8.65. The van der Waals surface area contributed by atoms with Gasteiger partial charge in [-0.15, -0.1) is 0 Å². The molecule has 0 amide bonds. The molecule has 0 fully saturated rings. The molecule has 1 aromatic carbocycles. The maximum atomic E-state index is 12.3. The molecule has 1 rings (SSSR count). The van der Waals surface area contributed by atoms with E-state index < -0.39 is 31.3 Å². The predicted molar refractivity (Wildman–Crippen MR) is 62.4 cm³/mol. The molecule has 0 saturated heterocycles. The van der Waals surface area contributed by atoms with Crippen molar-refractivity contribution in [2.75, 3.05) is 0 Å². The number of carbonyl (C=O) groups excluding carboxylic acids is 1. The Balaban J connectivity index is 3.05. The molecule has 7 nitrogen and oxygen atoms in total. The van der Waals surface area contributed by atoms with Gasteiger partial charge in [0.15, 0.2) is 0 Å². The molecule has 10 heteroatoms. The molecule has 0 heterocycles. The van der Waals surface area contributed by atoms with Crippen molar-refractivity contribution in [2.45, 2.75) is 4.90 Å². The third kappa shape index (κ3) is 4.43. The molecule has 0 atom stereocenters. The lowest BCUT2D eigenvalue weighted by Crippen LogP contribution is -2.27. The lowest BCUT2D eigenvalue weighted by Gasteiger charge is -2.04. The van der Waals surface area contributed by atoms with Crippen LogP contribution in [0, 0.1) is 0 Å². The van der Waals surface area contributed by atoms with Crippen molar-refractivity contribution in [2.24, 2.45) is 0 Å². The average Bonchev–Trinajstić information content (AvgIpc) is 2.26. The first-order valence-electron chi connectivity index (χ1n) is 4.56. The molecule has 19 heavy (non-hydrogen) atoms. The summed E-state index contributed by atoms with van der Waals surface area (Å²) in [5, 5.41) is 0. The van der Waals surface area contributed by atoms with E-state index in [-0.39, 0.29) is 5.56 Å². The van der Waals surface area contributed by atoms with Crippen molar-refractivity contribution in [3.63, 3.8) is 0 Å². The molecule has 104 valence electrons. The second-order valence-corrected chi connectivity index (χ2v) is 6.14. The highest BCUT2D eigenvalue weighted by atomic mass is 32.3. The maximum absolute atomic E-state index is 12.3. The summed E-state index contributed by atoms with van der Waals surface area (Å²) in [6.07, 6.45) is 0.893. The molecule has 0 bridgehead atoms. The molecule has 0 unspecified atom stereocenters. The van der Waals surface area contributed by atoms with Crippen molar-refractivity contribution in [3.05, 3.63) is 42.7 Å². The Labute approximate surface area is 109 Å². The molecule has 0 saturated carbocycles. The highest BCUT2D eigenvalue weighted by Crippen LogP contribution is 2.12. The number of halogens is 1. The molecular weight excluding hydrogens is 301 g/mol. The Morgan fingerprint density at radius 3 is 2.16 bits per heavy atom. The zero-order chi connectivity index (χ0) is 14.7. The third-order valence-corrected chi connectivity index (χ3v) is 4.37. The van der Waals surface area contributed by atoms with Crippen molar-refractivity contribution < 1.29 is 30.3 Å². The van der Waals surface area contributed by atoms with E-state index in [1.807, 2.05) is 0 Å². The van der Waals surface area contributed by atoms with Crippen LogP contribution in [0.25, 0.3) is 0 Å². The summed E-state index contributed by atoms with van der Waals surface area (Å²) >= 11 is 0. The number of rotatable bonds is 5. The summed E-state index contributed by atoms with van der Waals surface area (Å²) in [6, 6.07) is 4.00. The minimum atomic E-state index is -5.41. The number of sulfonamides is 1. The molecule has 0 radical (unpaired) electrons. The highest BCUT2D eigenvalue weighted by Gasteiger charge is 2.22. The maximum Gasteiger partial charge on any atom is 0.385 e. The van der Waals surface area contributed by atoms with Crippen LogP contribution in [0.4, 0.5) is 3.89 Å². The van der Waals surface area contributed by atoms with Crippen LogP contribution in [-0.2, 0) is 25.2 Å². The van der Waals surface area contributed by atoms with Crippen molar-refractivity contribution in [3.8, 4) is 0 Å². The monoisotopic (exact) mass is 309 g/mol. The first-order valence-corrected chi connectivity index (χ1v) is 7.42. The van der Waals surface area contributed by atoms with Crippen LogP contribution >= 0.6 is 0 Å². The fourth-order valence-electron chi connectivity index (χ4n) is 1.09. The molecule has 0 aliphatic rings. The van der Waals surface area contributed by atoms with E-state index in [9.17, 15) is 25.5 Å². The number of ether oxygens (including phenoxy) is 1. The normalized spacial score (nSPS) is 11.8. The number of carbonyl (C=O) groups is 1. The number of hydrogen-bond acceptors (Lipinski definition) is 6. The van der Waals surface area contributed by atoms with Gasteiger partial charge in [0.1, 0.15) is 0 Å². The fourth-order valence-corrected chi connectivity index (χ4v) is 3.02. The average molecular weight is 309 g/mol. The standard InChI is InChI=1S/C9H8FNO6S2/c1-2-17-9(12)7-3-5-8(6-4-7)18(13,14)11-19(10,15)16/h2-6,11H,1H2. The second-order valence-electron chi connectivity index (χ2n) is 3.12. The Kier molecular flexibility index (Phi) is 4.39. The van der Waals surface area contributed by atoms with Crippen LogP contribution in [0.3, 0.4) is 0 Å². The van der Waals surface area contributed by atoms with Gasteiger partial charge in [-0.3, -0.25) is 0 Å². The van der Waals surface area contributed by atoms with Crippen molar-refractivity contribution in [1.29, 1.82) is 0 Å². The van der Waals surface area contributed by atoms with Crippen molar-refractivity contribution >= 4 is 26.4 Å². The molecule has 1 aromatic rings. The SMILES string of the molecule is C=COC(=O)c1ccc(S(=O)(=O)NS(=O)(=O)F)cc1. The lowest BCUT2D eigenvalue weighted by atomic mass is 10.2. The quantitative estimate of drug-likeness (QED) is 0.481. The topological polar surface area (TPSA) is 107 Å². The molecule has 0 spiro atoms. The van der Waals surface area contributed by atoms with Crippen molar-refractivity contribution in [1.82, 2.24) is 4.13 Å². The van der Waals surface area contributed by atoms with Crippen LogP contribution in [0.5, 0.6) is 0 Å². The summed E-state index contributed by atoms with van der Waals surface area (Å²) < 4.78 is 60.8. The van der Waals surface area contributed by atoms with E-state index in [0.29, 0.717) is 0 Å². The Hall–Kier alpha value is -1.78. The molecular formula is C9H8FNO6S2. The Morgan fingerprint density at radius 1 is 1.21 bits per heavy atom. The summed E-state index contributed by atoms with van der Waals surface area (Å²) in [6.45, 7) is 3.17. The van der Waals surface area contributed by atoms with Gasteiger partial charge in [0.25, 0.3) is 10.0 Å².